The second-order valence-corrected chi connectivity index (χ2v) is 5.48. The molecular formula is C12H20N2OS. The summed E-state index contributed by atoms with van der Waals surface area (Å²) in [6, 6.07) is 4.67. The third-order valence-corrected chi connectivity index (χ3v) is 3.99. The van der Waals surface area contributed by atoms with Crippen LogP contribution >= 0.6 is 11.8 Å². The van der Waals surface area contributed by atoms with Gasteiger partial charge in [0.05, 0.1) is 12.8 Å². The lowest BCUT2D eigenvalue weighted by atomic mass is 10.2. The Morgan fingerprint density at radius 3 is 3.25 bits per heavy atom. The summed E-state index contributed by atoms with van der Waals surface area (Å²) in [5, 5.41) is 3.56. The highest BCUT2D eigenvalue weighted by Crippen LogP contribution is 2.11. The van der Waals surface area contributed by atoms with Crippen molar-refractivity contribution in [2.45, 2.75) is 19.0 Å². The van der Waals surface area contributed by atoms with Crippen molar-refractivity contribution in [3.8, 4) is 0 Å². The molecule has 1 aliphatic rings. The van der Waals surface area contributed by atoms with Crippen molar-refractivity contribution in [2.24, 2.45) is 0 Å². The zero-order valence-corrected chi connectivity index (χ0v) is 10.6. The summed E-state index contributed by atoms with van der Waals surface area (Å²) in [5.41, 5.74) is 0. The van der Waals surface area contributed by atoms with Gasteiger partial charge >= 0.3 is 0 Å². The van der Waals surface area contributed by atoms with Gasteiger partial charge in [0.2, 0.25) is 0 Å². The predicted molar refractivity (Wildman–Crippen MR) is 68.8 cm³/mol. The molecule has 1 fully saturated rings. The van der Waals surface area contributed by atoms with Crippen LogP contribution in [0, 0.1) is 0 Å². The number of nitrogens with zero attached hydrogens (tertiary/aromatic N) is 1. The largest absolute Gasteiger partial charge is 0.468 e. The van der Waals surface area contributed by atoms with E-state index in [4.69, 9.17) is 4.42 Å². The molecule has 1 saturated heterocycles. The SMILES string of the molecule is CN(CCC1CSCCN1)Cc1ccco1. The number of thioether (sulfide) groups is 1. The third kappa shape index (κ3) is 3.85. The Hall–Kier alpha value is -0.450. The highest BCUT2D eigenvalue weighted by atomic mass is 32.2. The van der Waals surface area contributed by atoms with Crippen LogP contribution in [0.25, 0.3) is 0 Å². The smallest absolute Gasteiger partial charge is 0.117 e. The first-order chi connectivity index (χ1) is 7.84. The molecule has 2 heterocycles. The van der Waals surface area contributed by atoms with Crippen LogP contribution in [0.15, 0.2) is 22.8 Å². The van der Waals surface area contributed by atoms with Crippen molar-refractivity contribution in [3.05, 3.63) is 24.2 Å². The van der Waals surface area contributed by atoms with Crippen molar-refractivity contribution in [1.82, 2.24) is 10.2 Å². The van der Waals surface area contributed by atoms with Gasteiger partial charge < -0.3 is 9.73 Å². The average Bonchev–Trinajstić information content (AvgIpc) is 2.81. The van der Waals surface area contributed by atoms with E-state index in [0.717, 1.165) is 25.4 Å². The molecule has 1 aromatic heterocycles. The van der Waals surface area contributed by atoms with Gasteiger partial charge in [-0.2, -0.15) is 11.8 Å². The van der Waals surface area contributed by atoms with Gasteiger partial charge in [-0.05, 0) is 32.1 Å². The molecule has 16 heavy (non-hydrogen) atoms. The zero-order valence-electron chi connectivity index (χ0n) is 9.82. The van der Waals surface area contributed by atoms with E-state index in [1.165, 1.54) is 17.9 Å². The maximum atomic E-state index is 5.33. The number of furan rings is 1. The van der Waals surface area contributed by atoms with Crippen LogP contribution in [-0.2, 0) is 6.54 Å². The van der Waals surface area contributed by atoms with Crippen LogP contribution in [0.2, 0.25) is 0 Å². The molecule has 3 nitrogen and oxygen atoms in total. The van der Waals surface area contributed by atoms with Crippen LogP contribution in [0.4, 0.5) is 0 Å². The number of hydrogen-bond donors (Lipinski definition) is 1. The first-order valence-electron chi connectivity index (χ1n) is 5.86. The van der Waals surface area contributed by atoms with E-state index in [9.17, 15) is 0 Å². The van der Waals surface area contributed by atoms with Crippen LogP contribution in [-0.4, -0.2) is 42.6 Å². The van der Waals surface area contributed by atoms with Crippen LogP contribution < -0.4 is 5.32 Å². The average molecular weight is 240 g/mol. The summed E-state index contributed by atoms with van der Waals surface area (Å²) in [4.78, 5) is 2.32. The van der Waals surface area contributed by atoms with Gasteiger partial charge in [0, 0.05) is 24.1 Å². The van der Waals surface area contributed by atoms with E-state index >= 15 is 0 Å². The van der Waals surface area contributed by atoms with E-state index < -0.39 is 0 Å². The molecule has 2 rings (SSSR count). The molecular weight excluding hydrogens is 220 g/mol. The minimum atomic E-state index is 0.692. The molecule has 1 aliphatic heterocycles. The molecule has 1 atom stereocenters. The maximum Gasteiger partial charge on any atom is 0.117 e. The van der Waals surface area contributed by atoms with Gasteiger partial charge in [-0.3, -0.25) is 4.90 Å². The standard InChI is InChI=1S/C12H20N2OS/c1-14(9-12-3-2-7-15-12)6-4-11-10-16-8-5-13-11/h2-3,7,11,13H,4-6,8-10H2,1H3. The summed E-state index contributed by atoms with van der Waals surface area (Å²) >= 11 is 2.06. The van der Waals surface area contributed by atoms with Gasteiger partial charge in [0.25, 0.3) is 0 Å². The van der Waals surface area contributed by atoms with Crippen LogP contribution in [0.5, 0.6) is 0 Å². The Balaban J connectivity index is 1.65. The molecule has 0 radical (unpaired) electrons. The third-order valence-electron chi connectivity index (χ3n) is 2.86. The highest BCUT2D eigenvalue weighted by molar-refractivity contribution is 7.99. The lowest BCUT2D eigenvalue weighted by molar-refractivity contribution is 0.279. The van der Waals surface area contributed by atoms with E-state index in [1.807, 2.05) is 12.1 Å². The second kappa shape index (κ2) is 6.33. The van der Waals surface area contributed by atoms with E-state index in [-0.39, 0.29) is 0 Å². The second-order valence-electron chi connectivity index (χ2n) is 4.33. The lowest BCUT2D eigenvalue weighted by Gasteiger charge is -2.25. The van der Waals surface area contributed by atoms with E-state index in [0.29, 0.717) is 6.04 Å². The van der Waals surface area contributed by atoms with Crippen LogP contribution in [0.3, 0.4) is 0 Å². The minimum absolute atomic E-state index is 0.692. The fourth-order valence-corrected chi connectivity index (χ4v) is 2.93. The summed E-state index contributed by atoms with van der Waals surface area (Å²) in [5.74, 6) is 3.57. The summed E-state index contributed by atoms with van der Waals surface area (Å²) in [6.45, 7) is 3.20. The van der Waals surface area contributed by atoms with Gasteiger partial charge in [-0.15, -0.1) is 0 Å². The molecule has 0 aromatic carbocycles. The Morgan fingerprint density at radius 2 is 2.56 bits per heavy atom. The molecule has 0 amide bonds. The van der Waals surface area contributed by atoms with Gasteiger partial charge in [0.15, 0.2) is 0 Å². The van der Waals surface area contributed by atoms with Crippen molar-refractivity contribution >= 4 is 11.8 Å². The number of hydrogen-bond acceptors (Lipinski definition) is 4. The Kier molecular flexibility index (Phi) is 4.75. The van der Waals surface area contributed by atoms with Crippen molar-refractivity contribution in [2.75, 3.05) is 31.6 Å². The quantitative estimate of drug-likeness (QED) is 0.849. The highest BCUT2D eigenvalue weighted by Gasteiger charge is 2.13. The molecule has 1 unspecified atom stereocenters. The number of rotatable bonds is 5. The fourth-order valence-electron chi connectivity index (χ4n) is 1.93. The van der Waals surface area contributed by atoms with Crippen LogP contribution in [0.1, 0.15) is 12.2 Å². The normalized spacial score (nSPS) is 21.5. The first kappa shape index (κ1) is 12.0. The maximum absolute atomic E-state index is 5.33. The summed E-state index contributed by atoms with van der Waals surface area (Å²) in [7, 11) is 2.15. The Morgan fingerprint density at radius 1 is 1.62 bits per heavy atom. The fraction of sp³-hybridized carbons (Fsp3) is 0.667. The molecule has 0 saturated carbocycles. The molecule has 4 heteroatoms. The molecule has 1 aromatic rings. The first-order valence-corrected chi connectivity index (χ1v) is 7.02. The predicted octanol–water partition coefficient (Wildman–Crippen LogP) is 1.81. The van der Waals surface area contributed by atoms with Crippen molar-refractivity contribution < 1.29 is 4.42 Å². The Labute approximate surface area is 102 Å². The molecule has 1 N–H and O–H groups in total. The minimum Gasteiger partial charge on any atom is -0.468 e. The van der Waals surface area contributed by atoms with Gasteiger partial charge in [0.1, 0.15) is 5.76 Å². The molecule has 0 aliphatic carbocycles. The van der Waals surface area contributed by atoms with Crippen molar-refractivity contribution in [3.63, 3.8) is 0 Å². The zero-order chi connectivity index (χ0) is 11.2. The summed E-state index contributed by atoms with van der Waals surface area (Å²) in [6.07, 6.45) is 2.96. The van der Waals surface area contributed by atoms with Gasteiger partial charge in [-0.1, -0.05) is 0 Å². The van der Waals surface area contributed by atoms with Gasteiger partial charge in [-0.25, -0.2) is 0 Å². The van der Waals surface area contributed by atoms with E-state index in [2.05, 4.69) is 29.0 Å². The molecule has 90 valence electrons. The monoisotopic (exact) mass is 240 g/mol. The van der Waals surface area contributed by atoms with E-state index in [1.54, 1.807) is 6.26 Å². The van der Waals surface area contributed by atoms with Crippen molar-refractivity contribution in [1.29, 1.82) is 0 Å². The molecule has 0 spiro atoms. The number of nitrogens with one attached hydrogen (secondary N) is 1. The Bertz CT molecular complexity index is 283. The molecule has 0 bridgehead atoms. The lowest BCUT2D eigenvalue weighted by Crippen LogP contribution is -2.39. The summed E-state index contributed by atoms with van der Waals surface area (Å²) < 4.78 is 5.33. The topological polar surface area (TPSA) is 28.4 Å².